The second-order valence-electron chi connectivity index (χ2n) is 14.0. The van der Waals surface area contributed by atoms with Crippen molar-refractivity contribution in [3.05, 3.63) is 188 Å². The van der Waals surface area contributed by atoms with Crippen LogP contribution in [0, 0.1) is 0 Å². The Hall–Kier alpha value is -7.43. The molecule has 0 fully saturated rings. The molecule has 0 aliphatic rings. The molecular weight excluding hydrogens is 671 g/mol. The molecule has 2 heterocycles. The van der Waals surface area contributed by atoms with Gasteiger partial charge in [0.05, 0.1) is 0 Å². The summed E-state index contributed by atoms with van der Waals surface area (Å²) in [6.45, 7) is 0. The number of rotatable bonds is 5. The average Bonchev–Trinajstić information content (AvgIpc) is 3.65. The minimum Gasteiger partial charge on any atom is -0.456 e. The van der Waals surface area contributed by atoms with E-state index >= 15 is 0 Å². The van der Waals surface area contributed by atoms with Crippen LogP contribution in [0.15, 0.2) is 192 Å². The van der Waals surface area contributed by atoms with Crippen LogP contribution in [-0.4, -0.2) is 15.0 Å². The van der Waals surface area contributed by atoms with Crippen molar-refractivity contribution in [2.75, 3.05) is 0 Å². The molecule has 0 unspecified atom stereocenters. The van der Waals surface area contributed by atoms with Gasteiger partial charge in [-0.15, -0.1) is 0 Å². The van der Waals surface area contributed by atoms with Crippen molar-refractivity contribution in [3.8, 4) is 56.4 Å². The van der Waals surface area contributed by atoms with Gasteiger partial charge >= 0.3 is 0 Å². The smallest absolute Gasteiger partial charge is 0.164 e. The number of hydrogen-bond acceptors (Lipinski definition) is 4. The van der Waals surface area contributed by atoms with Crippen molar-refractivity contribution in [2.45, 2.75) is 0 Å². The lowest BCUT2D eigenvalue weighted by Gasteiger charge is -2.12. The van der Waals surface area contributed by atoms with Gasteiger partial charge in [-0.05, 0) is 84.9 Å². The highest BCUT2D eigenvalue weighted by molar-refractivity contribution is 6.26. The molecule has 0 saturated carbocycles. The summed E-state index contributed by atoms with van der Waals surface area (Å²) in [5.41, 5.74) is 9.00. The first-order chi connectivity index (χ1) is 27.2. The third-order valence-electron chi connectivity index (χ3n) is 10.7. The van der Waals surface area contributed by atoms with E-state index in [1.165, 1.54) is 32.3 Å². The van der Waals surface area contributed by atoms with Crippen molar-refractivity contribution < 1.29 is 4.42 Å². The van der Waals surface area contributed by atoms with Crippen LogP contribution < -0.4 is 0 Å². The first kappa shape index (κ1) is 31.1. The molecule has 4 heteroatoms. The molecule has 55 heavy (non-hydrogen) atoms. The fourth-order valence-electron chi connectivity index (χ4n) is 8.10. The zero-order valence-electron chi connectivity index (χ0n) is 29.6. The monoisotopic (exact) mass is 701 g/mol. The Kier molecular flexibility index (Phi) is 7.14. The van der Waals surface area contributed by atoms with Crippen molar-refractivity contribution in [3.63, 3.8) is 0 Å². The maximum atomic E-state index is 6.50. The number of benzene rings is 9. The van der Waals surface area contributed by atoms with Crippen molar-refractivity contribution in [1.29, 1.82) is 0 Å². The Morgan fingerprint density at radius 1 is 0.273 bits per heavy atom. The summed E-state index contributed by atoms with van der Waals surface area (Å²) >= 11 is 0. The van der Waals surface area contributed by atoms with Crippen LogP contribution >= 0.6 is 0 Å². The molecule has 11 aromatic rings. The molecule has 2 aromatic heterocycles. The minimum atomic E-state index is 0.628. The maximum Gasteiger partial charge on any atom is 0.164 e. The second-order valence-corrected chi connectivity index (χ2v) is 14.0. The average molecular weight is 702 g/mol. The Bertz CT molecular complexity index is 3170. The molecule has 0 aliphatic carbocycles. The third kappa shape index (κ3) is 5.26. The Labute approximate surface area is 317 Å². The van der Waals surface area contributed by atoms with Gasteiger partial charge in [0.1, 0.15) is 11.2 Å². The second kappa shape index (κ2) is 12.6. The molecule has 4 nitrogen and oxygen atoms in total. The van der Waals surface area contributed by atoms with Crippen LogP contribution in [0.25, 0.3) is 111 Å². The molecule has 0 spiro atoms. The number of aromatic nitrogens is 3. The molecule has 0 amide bonds. The summed E-state index contributed by atoms with van der Waals surface area (Å²) in [5.74, 6) is 1.91. The largest absolute Gasteiger partial charge is 0.456 e. The normalized spacial score (nSPS) is 11.6. The molecule has 256 valence electrons. The summed E-state index contributed by atoms with van der Waals surface area (Å²) < 4.78 is 6.50. The molecule has 0 aliphatic heterocycles. The van der Waals surface area contributed by atoms with Crippen LogP contribution in [0.2, 0.25) is 0 Å². The van der Waals surface area contributed by atoms with Gasteiger partial charge in [-0.1, -0.05) is 158 Å². The van der Waals surface area contributed by atoms with Gasteiger partial charge < -0.3 is 4.42 Å². The van der Waals surface area contributed by atoms with Gasteiger partial charge in [0.25, 0.3) is 0 Å². The molecule has 0 N–H and O–H groups in total. The highest BCUT2D eigenvalue weighted by atomic mass is 16.3. The number of furan rings is 1. The van der Waals surface area contributed by atoms with Gasteiger partial charge in [0, 0.05) is 27.5 Å². The van der Waals surface area contributed by atoms with E-state index < -0.39 is 0 Å². The van der Waals surface area contributed by atoms with E-state index in [1.54, 1.807) is 0 Å². The van der Waals surface area contributed by atoms with E-state index in [4.69, 9.17) is 19.4 Å². The van der Waals surface area contributed by atoms with E-state index in [9.17, 15) is 0 Å². The lowest BCUT2D eigenvalue weighted by molar-refractivity contribution is 0.669. The van der Waals surface area contributed by atoms with Crippen molar-refractivity contribution in [1.82, 2.24) is 15.0 Å². The highest BCUT2D eigenvalue weighted by Gasteiger charge is 2.17. The summed E-state index contributed by atoms with van der Waals surface area (Å²) in [6, 6.07) is 65.8. The third-order valence-corrected chi connectivity index (χ3v) is 10.7. The Morgan fingerprint density at radius 3 is 1.40 bits per heavy atom. The Balaban J connectivity index is 1.05. The first-order valence-electron chi connectivity index (χ1n) is 18.5. The topological polar surface area (TPSA) is 51.8 Å². The summed E-state index contributed by atoms with van der Waals surface area (Å²) in [6.07, 6.45) is 0. The predicted molar refractivity (Wildman–Crippen MR) is 227 cm³/mol. The number of hydrogen-bond donors (Lipinski definition) is 0. The lowest BCUT2D eigenvalue weighted by atomic mass is 9.91. The number of fused-ring (bicyclic) bond motifs is 9. The zero-order chi connectivity index (χ0) is 36.3. The van der Waals surface area contributed by atoms with Crippen LogP contribution in [0.1, 0.15) is 0 Å². The number of nitrogens with zero attached hydrogens (tertiary/aromatic N) is 3. The quantitative estimate of drug-likeness (QED) is 0.168. The molecular formula is C51H31N3O. The lowest BCUT2D eigenvalue weighted by Crippen LogP contribution is -2.00. The summed E-state index contributed by atoms with van der Waals surface area (Å²) in [7, 11) is 0. The predicted octanol–water partition coefficient (Wildman–Crippen LogP) is 13.6. The van der Waals surface area contributed by atoms with Crippen molar-refractivity contribution >= 4 is 54.3 Å². The summed E-state index contributed by atoms with van der Waals surface area (Å²) in [4.78, 5) is 14.8. The molecule has 11 rings (SSSR count). The van der Waals surface area contributed by atoms with Crippen LogP contribution in [-0.2, 0) is 0 Å². The maximum absolute atomic E-state index is 6.50. The van der Waals surface area contributed by atoms with Crippen LogP contribution in [0.5, 0.6) is 0 Å². The molecule has 0 saturated heterocycles. The molecule has 9 aromatic carbocycles. The van der Waals surface area contributed by atoms with Crippen LogP contribution in [0.4, 0.5) is 0 Å². The van der Waals surface area contributed by atoms with Crippen molar-refractivity contribution in [2.24, 2.45) is 0 Å². The molecule has 0 atom stereocenters. The fourth-order valence-corrected chi connectivity index (χ4v) is 8.10. The van der Waals surface area contributed by atoms with E-state index in [1.807, 2.05) is 60.7 Å². The van der Waals surface area contributed by atoms with E-state index in [0.717, 1.165) is 60.9 Å². The van der Waals surface area contributed by atoms with E-state index in [0.29, 0.717) is 17.5 Å². The van der Waals surface area contributed by atoms with Gasteiger partial charge in [0.15, 0.2) is 17.5 Å². The van der Waals surface area contributed by atoms with E-state index in [-0.39, 0.29) is 0 Å². The highest BCUT2D eigenvalue weighted by Crippen LogP contribution is 2.42. The summed E-state index contributed by atoms with van der Waals surface area (Å²) in [5, 5.41) is 9.77. The van der Waals surface area contributed by atoms with E-state index in [2.05, 4.69) is 127 Å². The van der Waals surface area contributed by atoms with Gasteiger partial charge in [-0.3, -0.25) is 0 Å². The van der Waals surface area contributed by atoms with Gasteiger partial charge in [-0.2, -0.15) is 0 Å². The Morgan fingerprint density at radius 2 is 0.745 bits per heavy atom. The standard InChI is InChI=1S/C51H31N3O/c1-3-13-32(14-4-1)49-52-50(33-15-5-2-6-16-33)54-51(53-49)37-18-11-17-34(29-37)35-26-28-46-45(30-35)48-38(23-12-24-47(48)55-46)36-25-27-43-41-21-8-7-19-39(41)40-20-9-10-22-42(40)44(43)31-36/h1-31H. The minimum absolute atomic E-state index is 0.628. The first-order valence-corrected chi connectivity index (χ1v) is 18.5. The van der Waals surface area contributed by atoms with Crippen LogP contribution in [0.3, 0.4) is 0 Å². The molecule has 0 radical (unpaired) electrons. The molecule has 0 bridgehead atoms. The SMILES string of the molecule is c1ccc(-c2nc(-c3ccccc3)nc(-c3cccc(-c4ccc5oc6cccc(-c7ccc8c9ccccc9c9ccccc9c8c7)c6c5c4)c3)n2)cc1. The van der Waals surface area contributed by atoms with Gasteiger partial charge in [0.2, 0.25) is 0 Å². The van der Waals surface area contributed by atoms with Gasteiger partial charge in [-0.25, -0.2) is 15.0 Å². The zero-order valence-corrected chi connectivity index (χ0v) is 29.6. The fraction of sp³-hybridized carbons (Fsp3) is 0.